The molecule has 1 saturated heterocycles. The van der Waals surface area contributed by atoms with E-state index in [0.29, 0.717) is 11.7 Å². The Kier molecular flexibility index (Phi) is 4.41. The van der Waals surface area contributed by atoms with Gasteiger partial charge in [0.05, 0.1) is 22.9 Å². The minimum absolute atomic E-state index is 0.0258. The van der Waals surface area contributed by atoms with Gasteiger partial charge in [-0.2, -0.15) is 0 Å². The maximum Gasteiger partial charge on any atom is 0.274 e. The van der Waals surface area contributed by atoms with Crippen molar-refractivity contribution in [3.63, 3.8) is 0 Å². The van der Waals surface area contributed by atoms with Crippen molar-refractivity contribution in [2.75, 3.05) is 13.1 Å². The van der Waals surface area contributed by atoms with Gasteiger partial charge in [-0.05, 0) is 31.9 Å². The smallest absolute Gasteiger partial charge is 0.274 e. The molecular weight excluding hydrogens is 326 g/mol. The molecule has 1 aliphatic rings. The Morgan fingerprint density at radius 3 is 2.62 bits per heavy atom. The molecule has 0 unspecified atom stereocenters. The van der Waals surface area contributed by atoms with Gasteiger partial charge in [-0.25, -0.2) is 9.97 Å². The molecule has 1 fully saturated rings. The van der Waals surface area contributed by atoms with Gasteiger partial charge < -0.3 is 9.47 Å². The Labute approximate surface area is 152 Å². The van der Waals surface area contributed by atoms with Crippen LogP contribution in [-0.4, -0.2) is 43.4 Å². The second-order valence-corrected chi connectivity index (χ2v) is 6.81. The molecule has 3 heterocycles. The van der Waals surface area contributed by atoms with Crippen LogP contribution in [0.2, 0.25) is 0 Å². The Morgan fingerprint density at radius 2 is 1.92 bits per heavy atom. The van der Waals surface area contributed by atoms with Gasteiger partial charge in [0.15, 0.2) is 0 Å². The predicted molar refractivity (Wildman–Crippen MR) is 100 cm³/mol. The van der Waals surface area contributed by atoms with Crippen LogP contribution in [0.5, 0.6) is 0 Å². The van der Waals surface area contributed by atoms with E-state index in [0.717, 1.165) is 49.4 Å². The van der Waals surface area contributed by atoms with E-state index in [-0.39, 0.29) is 5.91 Å². The fraction of sp³-hybridized carbons (Fsp3) is 0.400. The third-order valence-electron chi connectivity index (χ3n) is 5.10. The van der Waals surface area contributed by atoms with Crippen molar-refractivity contribution in [2.45, 2.75) is 39.2 Å². The lowest BCUT2D eigenvalue weighted by Crippen LogP contribution is -2.39. The normalized spacial score (nSPS) is 15.5. The van der Waals surface area contributed by atoms with Crippen molar-refractivity contribution < 1.29 is 4.79 Å². The molecule has 0 N–H and O–H groups in total. The zero-order valence-corrected chi connectivity index (χ0v) is 15.2. The monoisotopic (exact) mass is 349 g/mol. The third-order valence-corrected chi connectivity index (χ3v) is 5.10. The minimum atomic E-state index is -0.0258. The van der Waals surface area contributed by atoms with Crippen LogP contribution in [0.1, 0.15) is 47.8 Å². The van der Waals surface area contributed by atoms with E-state index in [1.54, 1.807) is 12.4 Å². The average Bonchev–Trinajstić information content (AvgIpc) is 3.07. The number of rotatable bonds is 3. The van der Waals surface area contributed by atoms with E-state index in [2.05, 4.69) is 39.7 Å². The molecule has 134 valence electrons. The zero-order chi connectivity index (χ0) is 18.1. The van der Waals surface area contributed by atoms with E-state index in [1.165, 1.54) is 5.52 Å². The number of nitrogens with zero attached hydrogens (tertiary/aromatic N) is 5. The number of amides is 1. The molecule has 0 bridgehead atoms. The van der Waals surface area contributed by atoms with Crippen molar-refractivity contribution >= 4 is 16.9 Å². The molecule has 2 aromatic heterocycles. The topological polar surface area (TPSA) is 63.9 Å². The standard InChI is InChI=1S/C20H23N5O/c1-3-19-23-16-6-4-5-7-18(16)25(19)15-8-10-24(11-9-15)20(26)17-13-21-14(2)12-22-17/h4-7,12-13,15H,3,8-11H2,1-2H3. The van der Waals surface area contributed by atoms with Crippen LogP contribution >= 0.6 is 0 Å². The van der Waals surface area contributed by atoms with Gasteiger partial charge in [0.25, 0.3) is 5.91 Å². The van der Waals surface area contributed by atoms with Gasteiger partial charge in [-0.15, -0.1) is 0 Å². The Morgan fingerprint density at radius 1 is 1.15 bits per heavy atom. The molecule has 0 saturated carbocycles. The average molecular weight is 349 g/mol. The molecule has 1 amide bonds. The lowest BCUT2D eigenvalue weighted by atomic mass is 10.0. The van der Waals surface area contributed by atoms with Crippen LogP contribution in [0.25, 0.3) is 11.0 Å². The first-order valence-electron chi connectivity index (χ1n) is 9.21. The Balaban J connectivity index is 1.52. The predicted octanol–water partition coefficient (Wildman–Crippen LogP) is 3.17. The highest BCUT2D eigenvalue weighted by Crippen LogP contribution is 2.29. The van der Waals surface area contributed by atoms with Crippen LogP contribution < -0.4 is 0 Å². The number of carbonyl (C=O) groups excluding carboxylic acids is 1. The molecule has 1 aromatic carbocycles. The van der Waals surface area contributed by atoms with Crippen molar-refractivity contribution in [3.8, 4) is 0 Å². The van der Waals surface area contributed by atoms with E-state index in [1.807, 2.05) is 17.9 Å². The fourth-order valence-electron chi connectivity index (χ4n) is 3.74. The summed E-state index contributed by atoms with van der Waals surface area (Å²) in [4.78, 5) is 27.7. The van der Waals surface area contributed by atoms with Gasteiger partial charge in [0.2, 0.25) is 0 Å². The van der Waals surface area contributed by atoms with Gasteiger partial charge in [-0.3, -0.25) is 9.78 Å². The molecular formula is C20H23N5O. The summed E-state index contributed by atoms with van der Waals surface area (Å²) in [5.41, 5.74) is 3.49. The first-order valence-corrected chi connectivity index (χ1v) is 9.21. The quantitative estimate of drug-likeness (QED) is 0.728. The van der Waals surface area contributed by atoms with Crippen molar-refractivity contribution in [1.29, 1.82) is 0 Å². The lowest BCUT2D eigenvalue weighted by Gasteiger charge is -2.33. The molecule has 0 spiro atoms. The van der Waals surface area contributed by atoms with Crippen LogP contribution in [0.4, 0.5) is 0 Å². The summed E-state index contributed by atoms with van der Waals surface area (Å²) < 4.78 is 2.38. The number of benzene rings is 1. The molecule has 6 nitrogen and oxygen atoms in total. The molecule has 0 radical (unpaired) electrons. The summed E-state index contributed by atoms with van der Waals surface area (Å²) >= 11 is 0. The highest BCUT2D eigenvalue weighted by Gasteiger charge is 2.27. The lowest BCUT2D eigenvalue weighted by molar-refractivity contribution is 0.0688. The summed E-state index contributed by atoms with van der Waals surface area (Å²) in [7, 11) is 0. The van der Waals surface area contributed by atoms with E-state index < -0.39 is 0 Å². The molecule has 0 aliphatic carbocycles. The van der Waals surface area contributed by atoms with Crippen molar-refractivity contribution in [2.24, 2.45) is 0 Å². The summed E-state index contributed by atoms with van der Waals surface area (Å²) in [6.45, 7) is 5.48. The highest BCUT2D eigenvalue weighted by molar-refractivity contribution is 5.92. The number of aromatic nitrogens is 4. The van der Waals surface area contributed by atoms with Crippen LogP contribution in [-0.2, 0) is 6.42 Å². The maximum absolute atomic E-state index is 12.6. The number of likely N-dealkylation sites (tertiary alicyclic amines) is 1. The largest absolute Gasteiger partial charge is 0.337 e. The fourth-order valence-corrected chi connectivity index (χ4v) is 3.74. The Hall–Kier alpha value is -2.76. The second-order valence-electron chi connectivity index (χ2n) is 6.81. The third kappa shape index (κ3) is 2.96. The molecule has 0 atom stereocenters. The molecule has 4 rings (SSSR count). The number of hydrogen-bond donors (Lipinski definition) is 0. The summed E-state index contributed by atoms with van der Waals surface area (Å²) in [5, 5.41) is 0. The van der Waals surface area contributed by atoms with E-state index in [9.17, 15) is 4.79 Å². The van der Waals surface area contributed by atoms with Gasteiger partial charge in [-0.1, -0.05) is 19.1 Å². The SMILES string of the molecule is CCc1nc2ccccc2n1C1CCN(C(=O)c2cnc(C)cn2)CC1. The summed E-state index contributed by atoms with van der Waals surface area (Å²) in [6.07, 6.45) is 5.98. The number of fused-ring (bicyclic) bond motifs is 1. The number of para-hydroxylation sites is 2. The van der Waals surface area contributed by atoms with Gasteiger partial charge in [0.1, 0.15) is 11.5 Å². The van der Waals surface area contributed by atoms with Crippen LogP contribution in [0.3, 0.4) is 0 Å². The van der Waals surface area contributed by atoms with E-state index in [4.69, 9.17) is 4.98 Å². The van der Waals surface area contributed by atoms with Crippen molar-refractivity contribution in [1.82, 2.24) is 24.4 Å². The van der Waals surface area contributed by atoms with Gasteiger partial charge >= 0.3 is 0 Å². The van der Waals surface area contributed by atoms with E-state index >= 15 is 0 Å². The first-order chi connectivity index (χ1) is 12.7. The first kappa shape index (κ1) is 16.7. The summed E-state index contributed by atoms with van der Waals surface area (Å²) in [6, 6.07) is 8.68. The Bertz CT molecular complexity index is 923. The number of imidazole rings is 1. The summed E-state index contributed by atoms with van der Waals surface area (Å²) in [5.74, 6) is 1.10. The molecule has 1 aliphatic heterocycles. The van der Waals surface area contributed by atoms with Crippen molar-refractivity contribution in [3.05, 3.63) is 53.9 Å². The molecule has 6 heteroatoms. The number of aryl methyl sites for hydroxylation is 2. The zero-order valence-electron chi connectivity index (χ0n) is 15.2. The molecule has 3 aromatic rings. The number of piperidine rings is 1. The minimum Gasteiger partial charge on any atom is -0.337 e. The van der Waals surface area contributed by atoms with Crippen LogP contribution in [0, 0.1) is 6.92 Å². The highest BCUT2D eigenvalue weighted by atomic mass is 16.2. The number of carbonyl (C=O) groups is 1. The maximum atomic E-state index is 12.6. The van der Waals surface area contributed by atoms with Gasteiger partial charge in [0, 0.05) is 31.7 Å². The number of hydrogen-bond acceptors (Lipinski definition) is 4. The molecule has 26 heavy (non-hydrogen) atoms. The second kappa shape index (κ2) is 6.86. The van der Waals surface area contributed by atoms with Crippen LogP contribution in [0.15, 0.2) is 36.7 Å².